The molecule has 0 aliphatic carbocycles. The maximum absolute atomic E-state index is 13.4. The molecule has 5 nitrogen and oxygen atoms in total. The van der Waals surface area contributed by atoms with Crippen LogP contribution in [0.1, 0.15) is 46.5 Å². The fraction of sp³-hybridized carbons (Fsp3) is 0.619. The number of ether oxygens (including phenoxy) is 1. The van der Waals surface area contributed by atoms with Crippen molar-refractivity contribution in [3.8, 4) is 0 Å². The number of likely N-dealkylation sites (tertiary alicyclic amines) is 2. The fourth-order valence-electron chi connectivity index (χ4n) is 4.04. The molecule has 2 amide bonds. The van der Waals surface area contributed by atoms with Gasteiger partial charge in [0.05, 0.1) is 17.8 Å². The standard InChI is InChI=1S/C21H28F2N2O3S/c1-21(2,3)28-20(27)25-11-5-7-18(25)17-6-4-10-24(17)19(26)13-29-14-8-9-15(22)16(23)12-14/h8-9,12,17-18H,4-7,10-11,13H2,1-3H3/t17-,18+/m1/s1. The summed E-state index contributed by atoms with van der Waals surface area (Å²) < 4.78 is 32.0. The Morgan fingerprint density at radius 3 is 2.31 bits per heavy atom. The van der Waals surface area contributed by atoms with E-state index in [1.807, 2.05) is 25.7 Å². The lowest BCUT2D eigenvalue weighted by Crippen LogP contribution is -2.51. The quantitative estimate of drug-likeness (QED) is 0.668. The Balaban J connectivity index is 1.63. The van der Waals surface area contributed by atoms with E-state index < -0.39 is 17.2 Å². The van der Waals surface area contributed by atoms with Crippen molar-refractivity contribution < 1.29 is 23.1 Å². The Labute approximate surface area is 174 Å². The highest BCUT2D eigenvalue weighted by molar-refractivity contribution is 8.00. The van der Waals surface area contributed by atoms with E-state index in [1.165, 1.54) is 17.8 Å². The molecule has 0 radical (unpaired) electrons. The summed E-state index contributed by atoms with van der Waals surface area (Å²) in [6.45, 7) is 6.83. The van der Waals surface area contributed by atoms with Crippen molar-refractivity contribution in [1.82, 2.24) is 9.80 Å². The molecule has 2 aliphatic rings. The fourth-order valence-corrected chi connectivity index (χ4v) is 4.84. The Bertz CT molecular complexity index is 769. The van der Waals surface area contributed by atoms with Crippen molar-refractivity contribution in [2.24, 2.45) is 0 Å². The third kappa shape index (κ3) is 5.41. The number of carbonyl (C=O) groups excluding carboxylic acids is 2. The van der Waals surface area contributed by atoms with Crippen molar-refractivity contribution in [3.63, 3.8) is 0 Å². The molecule has 0 saturated carbocycles. The van der Waals surface area contributed by atoms with Crippen LogP contribution in [0.25, 0.3) is 0 Å². The molecule has 160 valence electrons. The van der Waals surface area contributed by atoms with Crippen LogP contribution in [0.4, 0.5) is 13.6 Å². The average Bonchev–Trinajstić information content (AvgIpc) is 3.29. The number of benzene rings is 1. The molecular formula is C21H28F2N2O3S. The molecule has 0 bridgehead atoms. The lowest BCUT2D eigenvalue weighted by molar-refractivity contribution is -0.130. The van der Waals surface area contributed by atoms with Gasteiger partial charge in [0.25, 0.3) is 0 Å². The number of hydrogen-bond donors (Lipinski definition) is 0. The van der Waals surface area contributed by atoms with Crippen LogP contribution in [0, 0.1) is 11.6 Å². The topological polar surface area (TPSA) is 49.9 Å². The SMILES string of the molecule is CC(C)(C)OC(=O)N1CCC[C@H]1[C@H]1CCCN1C(=O)CSc1ccc(F)c(F)c1. The van der Waals surface area contributed by atoms with Crippen LogP contribution in [0.3, 0.4) is 0 Å². The summed E-state index contributed by atoms with van der Waals surface area (Å²) in [5.41, 5.74) is -0.559. The highest BCUT2D eigenvalue weighted by Gasteiger charge is 2.42. The normalized spacial score (nSPS) is 22.2. The molecule has 2 aliphatic heterocycles. The molecular weight excluding hydrogens is 398 g/mol. The number of nitrogens with zero attached hydrogens (tertiary/aromatic N) is 2. The lowest BCUT2D eigenvalue weighted by Gasteiger charge is -2.35. The van der Waals surface area contributed by atoms with Crippen molar-refractivity contribution in [2.45, 2.75) is 69.0 Å². The van der Waals surface area contributed by atoms with Crippen LogP contribution in [0.5, 0.6) is 0 Å². The minimum Gasteiger partial charge on any atom is -0.444 e. The van der Waals surface area contributed by atoms with Crippen LogP contribution >= 0.6 is 11.8 Å². The summed E-state index contributed by atoms with van der Waals surface area (Å²) in [5.74, 6) is -1.71. The first kappa shape index (κ1) is 21.9. The van der Waals surface area contributed by atoms with Gasteiger partial charge in [-0.05, 0) is 64.7 Å². The van der Waals surface area contributed by atoms with Crippen LogP contribution in [0.2, 0.25) is 0 Å². The van der Waals surface area contributed by atoms with E-state index in [0.717, 1.165) is 37.8 Å². The first-order chi connectivity index (χ1) is 13.7. The van der Waals surface area contributed by atoms with E-state index in [2.05, 4.69) is 0 Å². The van der Waals surface area contributed by atoms with Crippen LogP contribution in [0.15, 0.2) is 23.1 Å². The van der Waals surface area contributed by atoms with Gasteiger partial charge in [0.15, 0.2) is 11.6 Å². The average molecular weight is 427 g/mol. The van der Waals surface area contributed by atoms with E-state index in [-0.39, 0.29) is 29.8 Å². The molecule has 0 aromatic heterocycles. The Morgan fingerprint density at radius 1 is 1.07 bits per heavy atom. The number of hydrogen-bond acceptors (Lipinski definition) is 4. The monoisotopic (exact) mass is 426 g/mol. The zero-order chi connectivity index (χ0) is 21.2. The smallest absolute Gasteiger partial charge is 0.410 e. The molecule has 0 spiro atoms. The van der Waals surface area contributed by atoms with Crippen LogP contribution < -0.4 is 0 Å². The highest BCUT2D eigenvalue weighted by atomic mass is 32.2. The summed E-state index contributed by atoms with van der Waals surface area (Å²) in [6, 6.07) is 3.58. The summed E-state index contributed by atoms with van der Waals surface area (Å²) in [7, 11) is 0. The minimum atomic E-state index is -0.916. The van der Waals surface area contributed by atoms with Gasteiger partial charge in [-0.15, -0.1) is 11.8 Å². The maximum Gasteiger partial charge on any atom is 0.410 e. The van der Waals surface area contributed by atoms with Crippen molar-refractivity contribution in [3.05, 3.63) is 29.8 Å². The number of thioether (sulfide) groups is 1. The van der Waals surface area contributed by atoms with Crippen molar-refractivity contribution in [2.75, 3.05) is 18.8 Å². The van der Waals surface area contributed by atoms with Gasteiger partial charge in [0, 0.05) is 18.0 Å². The number of carbonyl (C=O) groups is 2. The second kappa shape index (κ2) is 8.90. The predicted octanol–water partition coefficient (Wildman–Crippen LogP) is 4.45. The Hall–Kier alpha value is -1.83. The molecule has 2 atom stereocenters. The molecule has 1 aromatic rings. The predicted molar refractivity (Wildman–Crippen MR) is 108 cm³/mol. The first-order valence-corrected chi connectivity index (χ1v) is 11.0. The van der Waals surface area contributed by atoms with Gasteiger partial charge in [0.1, 0.15) is 5.60 Å². The van der Waals surface area contributed by atoms with E-state index in [0.29, 0.717) is 18.0 Å². The Morgan fingerprint density at radius 2 is 1.69 bits per heavy atom. The molecule has 3 rings (SSSR count). The molecule has 2 heterocycles. The molecule has 29 heavy (non-hydrogen) atoms. The summed E-state index contributed by atoms with van der Waals surface area (Å²) in [5, 5.41) is 0. The van der Waals surface area contributed by atoms with Crippen molar-refractivity contribution >= 4 is 23.8 Å². The second-order valence-electron chi connectivity index (χ2n) is 8.54. The molecule has 2 saturated heterocycles. The van der Waals surface area contributed by atoms with E-state index in [9.17, 15) is 18.4 Å². The molecule has 0 N–H and O–H groups in total. The van der Waals surface area contributed by atoms with Gasteiger partial charge in [0.2, 0.25) is 5.91 Å². The third-order valence-electron chi connectivity index (χ3n) is 5.24. The zero-order valence-corrected chi connectivity index (χ0v) is 17.9. The van der Waals surface area contributed by atoms with Gasteiger partial charge in [-0.3, -0.25) is 4.79 Å². The summed E-state index contributed by atoms with van der Waals surface area (Å²) in [6.07, 6.45) is 3.17. The molecule has 8 heteroatoms. The number of amides is 2. The molecule has 1 aromatic carbocycles. The maximum atomic E-state index is 13.4. The van der Waals surface area contributed by atoms with Gasteiger partial charge >= 0.3 is 6.09 Å². The van der Waals surface area contributed by atoms with Gasteiger partial charge in [-0.1, -0.05) is 0 Å². The lowest BCUT2D eigenvalue weighted by atomic mass is 10.0. The minimum absolute atomic E-state index is 0.0249. The van der Waals surface area contributed by atoms with Crippen molar-refractivity contribution in [1.29, 1.82) is 0 Å². The second-order valence-corrected chi connectivity index (χ2v) is 9.59. The zero-order valence-electron chi connectivity index (χ0n) is 17.1. The first-order valence-electron chi connectivity index (χ1n) is 10.0. The van der Waals surface area contributed by atoms with Gasteiger partial charge < -0.3 is 14.5 Å². The van der Waals surface area contributed by atoms with Gasteiger partial charge in [-0.2, -0.15) is 0 Å². The molecule has 2 fully saturated rings. The number of rotatable bonds is 4. The molecule has 0 unspecified atom stereocenters. The van der Waals surface area contributed by atoms with Crippen LogP contribution in [-0.2, 0) is 9.53 Å². The van der Waals surface area contributed by atoms with E-state index in [4.69, 9.17) is 4.74 Å². The van der Waals surface area contributed by atoms with E-state index >= 15 is 0 Å². The Kier molecular flexibility index (Phi) is 6.71. The third-order valence-corrected chi connectivity index (χ3v) is 6.22. The summed E-state index contributed by atoms with van der Waals surface area (Å²) in [4.78, 5) is 29.6. The summed E-state index contributed by atoms with van der Waals surface area (Å²) >= 11 is 1.19. The van der Waals surface area contributed by atoms with Crippen LogP contribution in [-0.4, -0.2) is 58.3 Å². The largest absolute Gasteiger partial charge is 0.444 e. The van der Waals surface area contributed by atoms with E-state index in [1.54, 1.807) is 4.90 Å². The van der Waals surface area contributed by atoms with Gasteiger partial charge in [-0.25, -0.2) is 13.6 Å². The highest BCUT2D eigenvalue weighted by Crippen LogP contribution is 2.32. The number of halogens is 2.